The number of anilines is 1. The number of nitro groups is 1. The van der Waals surface area contributed by atoms with Crippen LogP contribution in [0.25, 0.3) is 0 Å². The van der Waals surface area contributed by atoms with Crippen molar-refractivity contribution in [3.8, 4) is 23.0 Å². The topological polar surface area (TPSA) is 122 Å². The van der Waals surface area contributed by atoms with Gasteiger partial charge in [-0.2, -0.15) is 0 Å². The summed E-state index contributed by atoms with van der Waals surface area (Å²) in [6.45, 7) is 0.281. The van der Waals surface area contributed by atoms with E-state index in [0.717, 1.165) is 0 Å². The molecule has 0 bridgehead atoms. The first-order valence-corrected chi connectivity index (χ1v) is 8.78. The number of non-ortho nitro benzene ring substituents is 1. The normalized spacial score (nSPS) is 11.8. The van der Waals surface area contributed by atoms with Gasteiger partial charge in [-0.3, -0.25) is 14.9 Å². The van der Waals surface area contributed by atoms with Crippen LogP contribution < -0.4 is 24.3 Å². The molecule has 154 valence electrons. The van der Waals surface area contributed by atoms with Crippen molar-refractivity contribution in [2.75, 3.05) is 19.2 Å². The molecule has 2 aromatic carbocycles. The summed E-state index contributed by atoms with van der Waals surface area (Å²) in [6.07, 6.45) is 0. The Morgan fingerprint density at radius 1 is 1.13 bits per heavy atom. The van der Waals surface area contributed by atoms with Gasteiger partial charge >= 0.3 is 0 Å². The number of hydrogen-bond donors (Lipinski definition) is 1. The molecule has 0 radical (unpaired) electrons. The van der Waals surface area contributed by atoms with Gasteiger partial charge in [0.25, 0.3) is 11.6 Å². The van der Waals surface area contributed by atoms with Gasteiger partial charge in [0, 0.05) is 12.1 Å². The second-order valence-electron chi connectivity index (χ2n) is 6.17. The van der Waals surface area contributed by atoms with Gasteiger partial charge in [0.05, 0.1) is 23.8 Å². The number of nitro benzene ring substituents is 1. The highest BCUT2D eigenvalue weighted by atomic mass is 16.7. The third kappa shape index (κ3) is 3.97. The Balaban J connectivity index is 1.40. The van der Waals surface area contributed by atoms with E-state index in [9.17, 15) is 14.9 Å². The number of fused-ring (bicyclic) bond motifs is 1. The number of nitrogens with zero attached hydrogens (tertiary/aromatic N) is 1. The lowest BCUT2D eigenvalue weighted by Crippen LogP contribution is -2.12. The number of amides is 1. The van der Waals surface area contributed by atoms with E-state index in [1.807, 2.05) is 0 Å². The number of carbonyl (C=O) groups excluding carboxylic acids is 1. The van der Waals surface area contributed by atoms with Gasteiger partial charge in [0.15, 0.2) is 17.3 Å². The van der Waals surface area contributed by atoms with Gasteiger partial charge in [0.2, 0.25) is 6.79 Å². The number of hydrogen-bond acceptors (Lipinski definition) is 8. The zero-order chi connectivity index (χ0) is 21.1. The molecule has 0 saturated heterocycles. The first kappa shape index (κ1) is 19.1. The van der Waals surface area contributed by atoms with Gasteiger partial charge in [-0.25, -0.2) is 0 Å². The number of furan rings is 1. The molecular formula is C20H16N2O8. The quantitative estimate of drug-likeness (QED) is 0.460. The standard InChI is InChI=1S/C20H16N2O8/c1-26-18-8-12(22(24)25)2-5-15(18)21-20(23)17-7-4-14(30-17)10-27-13-3-6-16-19(9-13)29-11-28-16/h2-9H,10-11H2,1H3,(H,21,23). The molecule has 0 atom stereocenters. The Kier molecular flexibility index (Phi) is 5.12. The predicted molar refractivity (Wildman–Crippen MR) is 103 cm³/mol. The summed E-state index contributed by atoms with van der Waals surface area (Å²) < 4.78 is 26.8. The minimum Gasteiger partial charge on any atom is -0.494 e. The zero-order valence-corrected chi connectivity index (χ0v) is 15.7. The largest absolute Gasteiger partial charge is 0.494 e. The highest BCUT2D eigenvalue weighted by molar-refractivity contribution is 6.03. The number of rotatable bonds is 7. The summed E-state index contributed by atoms with van der Waals surface area (Å²) in [5.74, 6) is 1.95. The summed E-state index contributed by atoms with van der Waals surface area (Å²) in [4.78, 5) is 22.8. The number of ether oxygens (including phenoxy) is 4. The molecule has 1 aliphatic heterocycles. The van der Waals surface area contributed by atoms with Crippen molar-refractivity contribution in [3.05, 3.63) is 70.2 Å². The molecule has 0 fully saturated rings. The molecule has 1 aromatic heterocycles. The van der Waals surface area contributed by atoms with E-state index in [0.29, 0.717) is 23.0 Å². The van der Waals surface area contributed by atoms with E-state index in [1.165, 1.54) is 31.4 Å². The van der Waals surface area contributed by atoms with E-state index >= 15 is 0 Å². The van der Waals surface area contributed by atoms with Gasteiger partial charge in [-0.1, -0.05) is 0 Å². The molecule has 10 nitrogen and oxygen atoms in total. The lowest BCUT2D eigenvalue weighted by atomic mass is 10.2. The Morgan fingerprint density at radius 3 is 2.77 bits per heavy atom. The van der Waals surface area contributed by atoms with Gasteiger partial charge in [-0.05, 0) is 30.3 Å². The first-order chi connectivity index (χ1) is 14.5. The molecule has 1 N–H and O–H groups in total. The average Bonchev–Trinajstić information content (AvgIpc) is 3.41. The molecule has 2 heterocycles. The van der Waals surface area contributed by atoms with Crippen LogP contribution in [0.1, 0.15) is 16.3 Å². The van der Waals surface area contributed by atoms with Crippen molar-refractivity contribution in [1.29, 1.82) is 0 Å². The van der Waals surface area contributed by atoms with Crippen molar-refractivity contribution in [2.45, 2.75) is 6.61 Å². The summed E-state index contributed by atoms with van der Waals surface area (Å²) in [5, 5.41) is 13.5. The van der Waals surface area contributed by atoms with Crippen LogP contribution in [0.5, 0.6) is 23.0 Å². The van der Waals surface area contributed by atoms with E-state index in [4.69, 9.17) is 23.4 Å². The van der Waals surface area contributed by atoms with Gasteiger partial charge in [0.1, 0.15) is 23.9 Å². The number of benzene rings is 2. The molecule has 3 aromatic rings. The van der Waals surface area contributed by atoms with E-state index in [1.54, 1.807) is 24.3 Å². The monoisotopic (exact) mass is 412 g/mol. The van der Waals surface area contributed by atoms with Crippen LogP contribution >= 0.6 is 0 Å². The van der Waals surface area contributed by atoms with Gasteiger partial charge < -0.3 is 28.7 Å². The number of carbonyl (C=O) groups is 1. The molecule has 0 aliphatic carbocycles. The van der Waals surface area contributed by atoms with Crippen molar-refractivity contribution < 1.29 is 33.1 Å². The minimum atomic E-state index is -0.549. The third-order valence-corrected chi connectivity index (χ3v) is 4.25. The summed E-state index contributed by atoms with van der Waals surface area (Å²) >= 11 is 0. The second-order valence-corrected chi connectivity index (χ2v) is 6.17. The average molecular weight is 412 g/mol. The van der Waals surface area contributed by atoms with E-state index in [-0.39, 0.29) is 36.3 Å². The molecule has 0 saturated carbocycles. The Hall–Kier alpha value is -4.21. The zero-order valence-electron chi connectivity index (χ0n) is 15.7. The lowest BCUT2D eigenvalue weighted by molar-refractivity contribution is -0.384. The summed E-state index contributed by atoms with van der Waals surface area (Å²) in [6, 6.07) is 12.2. The van der Waals surface area contributed by atoms with Gasteiger partial charge in [-0.15, -0.1) is 0 Å². The molecular weight excluding hydrogens is 396 g/mol. The Morgan fingerprint density at radius 2 is 1.97 bits per heavy atom. The summed E-state index contributed by atoms with van der Waals surface area (Å²) in [7, 11) is 1.35. The molecule has 4 rings (SSSR count). The van der Waals surface area contributed by atoms with Crippen molar-refractivity contribution in [2.24, 2.45) is 0 Å². The maximum atomic E-state index is 12.5. The molecule has 0 unspecified atom stereocenters. The molecule has 1 aliphatic rings. The first-order valence-electron chi connectivity index (χ1n) is 8.78. The van der Waals surface area contributed by atoms with Crippen LogP contribution in [0.4, 0.5) is 11.4 Å². The molecule has 10 heteroatoms. The SMILES string of the molecule is COc1cc([N+](=O)[O-])ccc1NC(=O)c1ccc(COc2ccc3c(c2)OCO3)o1. The van der Waals surface area contributed by atoms with Crippen molar-refractivity contribution >= 4 is 17.3 Å². The minimum absolute atomic E-state index is 0.0553. The van der Waals surface area contributed by atoms with Crippen molar-refractivity contribution in [1.82, 2.24) is 0 Å². The highest BCUT2D eigenvalue weighted by Gasteiger charge is 2.17. The maximum Gasteiger partial charge on any atom is 0.291 e. The molecule has 30 heavy (non-hydrogen) atoms. The Labute approximate surface area is 170 Å². The van der Waals surface area contributed by atoms with Crippen LogP contribution in [0.3, 0.4) is 0 Å². The third-order valence-electron chi connectivity index (χ3n) is 4.25. The number of nitrogens with one attached hydrogen (secondary N) is 1. The fourth-order valence-corrected chi connectivity index (χ4v) is 2.78. The highest BCUT2D eigenvalue weighted by Crippen LogP contribution is 2.35. The lowest BCUT2D eigenvalue weighted by Gasteiger charge is -2.09. The maximum absolute atomic E-state index is 12.5. The second kappa shape index (κ2) is 8.03. The number of methoxy groups -OCH3 is 1. The summed E-state index contributed by atoms with van der Waals surface area (Å²) in [5.41, 5.74) is 0.133. The van der Waals surface area contributed by atoms with Crippen LogP contribution in [0, 0.1) is 10.1 Å². The fourth-order valence-electron chi connectivity index (χ4n) is 2.78. The van der Waals surface area contributed by atoms with Crippen LogP contribution in [0.15, 0.2) is 52.9 Å². The van der Waals surface area contributed by atoms with Crippen LogP contribution in [0.2, 0.25) is 0 Å². The van der Waals surface area contributed by atoms with E-state index < -0.39 is 10.8 Å². The van der Waals surface area contributed by atoms with Crippen LogP contribution in [-0.4, -0.2) is 24.7 Å². The smallest absolute Gasteiger partial charge is 0.291 e. The van der Waals surface area contributed by atoms with Crippen molar-refractivity contribution in [3.63, 3.8) is 0 Å². The predicted octanol–water partition coefficient (Wildman–Crippen LogP) is 3.76. The van der Waals surface area contributed by atoms with Crippen LogP contribution in [-0.2, 0) is 6.61 Å². The molecule has 1 amide bonds. The fraction of sp³-hybridized carbons (Fsp3) is 0.150. The molecule has 0 spiro atoms. The Bertz CT molecular complexity index is 1110. The van der Waals surface area contributed by atoms with E-state index in [2.05, 4.69) is 5.32 Å².